The van der Waals surface area contributed by atoms with Gasteiger partial charge in [0.25, 0.3) is 0 Å². The van der Waals surface area contributed by atoms with Gasteiger partial charge in [0.1, 0.15) is 0 Å². The van der Waals surface area contributed by atoms with E-state index in [1.807, 2.05) is 13.8 Å². The standard InChI is InChI=1S/C11H13F3S/c1-7(2)15-9-4-5-10(8(3)6-9)11(12,13)14/h4-7H,1-3H3. The van der Waals surface area contributed by atoms with E-state index in [2.05, 4.69) is 0 Å². The minimum absolute atomic E-state index is 0.285. The molecule has 1 rings (SSSR count). The van der Waals surface area contributed by atoms with Gasteiger partial charge in [0.15, 0.2) is 0 Å². The molecule has 0 aliphatic heterocycles. The van der Waals surface area contributed by atoms with Crippen molar-refractivity contribution in [1.29, 1.82) is 0 Å². The lowest BCUT2D eigenvalue weighted by Gasteiger charge is -2.12. The van der Waals surface area contributed by atoms with Crippen molar-refractivity contribution >= 4 is 11.8 Å². The molecule has 0 aromatic heterocycles. The first kappa shape index (κ1) is 12.4. The Balaban J connectivity index is 2.99. The Hall–Kier alpha value is -0.640. The van der Waals surface area contributed by atoms with Gasteiger partial charge in [-0.05, 0) is 30.7 Å². The maximum absolute atomic E-state index is 12.4. The first-order chi connectivity index (χ1) is 6.80. The third-order valence-corrected chi connectivity index (χ3v) is 2.87. The predicted molar refractivity (Wildman–Crippen MR) is 57.2 cm³/mol. The van der Waals surface area contributed by atoms with Gasteiger partial charge in [-0.3, -0.25) is 0 Å². The summed E-state index contributed by atoms with van der Waals surface area (Å²) in [5.74, 6) is 0. The van der Waals surface area contributed by atoms with Crippen molar-refractivity contribution in [1.82, 2.24) is 0 Å². The van der Waals surface area contributed by atoms with Gasteiger partial charge < -0.3 is 0 Å². The zero-order valence-electron chi connectivity index (χ0n) is 8.85. The molecule has 1 aromatic rings. The minimum atomic E-state index is -4.24. The maximum atomic E-state index is 12.4. The molecule has 84 valence electrons. The molecule has 4 heteroatoms. The van der Waals surface area contributed by atoms with Crippen LogP contribution in [0.25, 0.3) is 0 Å². The number of halogens is 3. The molecule has 0 fully saturated rings. The molecule has 0 heterocycles. The summed E-state index contributed by atoms with van der Waals surface area (Å²) in [4.78, 5) is 0.885. The first-order valence-electron chi connectivity index (χ1n) is 4.65. The smallest absolute Gasteiger partial charge is 0.166 e. The second-order valence-electron chi connectivity index (χ2n) is 3.64. The van der Waals surface area contributed by atoms with E-state index < -0.39 is 11.7 Å². The van der Waals surface area contributed by atoms with Crippen LogP contribution >= 0.6 is 11.8 Å². The summed E-state index contributed by atoms with van der Waals surface area (Å²) in [5, 5.41) is 0.376. The molecule has 0 saturated heterocycles. The molecule has 0 aliphatic rings. The van der Waals surface area contributed by atoms with Crippen molar-refractivity contribution in [2.24, 2.45) is 0 Å². The molecule has 15 heavy (non-hydrogen) atoms. The van der Waals surface area contributed by atoms with Crippen LogP contribution in [0.5, 0.6) is 0 Å². The second-order valence-corrected chi connectivity index (χ2v) is 5.29. The second kappa shape index (κ2) is 4.47. The lowest BCUT2D eigenvalue weighted by atomic mass is 10.1. The summed E-state index contributed by atoms with van der Waals surface area (Å²) in [6.07, 6.45) is -4.24. The number of benzene rings is 1. The molecule has 0 saturated carbocycles. The Morgan fingerprint density at radius 2 is 1.80 bits per heavy atom. The van der Waals surface area contributed by atoms with Crippen LogP contribution in [0.1, 0.15) is 25.0 Å². The average molecular weight is 234 g/mol. The van der Waals surface area contributed by atoms with Gasteiger partial charge in [-0.1, -0.05) is 13.8 Å². The molecule has 0 spiro atoms. The molecule has 0 aliphatic carbocycles. The Morgan fingerprint density at radius 1 is 1.20 bits per heavy atom. The summed E-state index contributed by atoms with van der Waals surface area (Å²) < 4.78 is 37.3. The van der Waals surface area contributed by atoms with Crippen molar-refractivity contribution in [2.75, 3.05) is 0 Å². The average Bonchev–Trinajstić information content (AvgIpc) is 1.99. The van der Waals surface area contributed by atoms with E-state index in [1.54, 1.807) is 17.8 Å². The zero-order chi connectivity index (χ0) is 11.6. The summed E-state index contributed by atoms with van der Waals surface area (Å²) in [6.45, 7) is 5.52. The number of hydrogen-bond donors (Lipinski definition) is 0. The zero-order valence-corrected chi connectivity index (χ0v) is 9.67. The normalized spacial score (nSPS) is 12.2. The largest absolute Gasteiger partial charge is 0.416 e. The summed E-state index contributed by atoms with van der Waals surface area (Å²) in [7, 11) is 0. The topological polar surface area (TPSA) is 0 Å². The number of hydrogen-bond acceptors (Lipinski definition) is 1. The van der Waals surface area contributed by atoms with E-state index in [0.717, 1.165) is 11.0 Å². The van der Waals surface area contributed by atoms with Gasteiger partial charge in [0, 0.05) is 10.1 Å². The van der Waals surface area contributed by atoms with Crippen LogP contribution in [-0.2, 0) is 6.18 Å². The lowest BCUT2D eigenvalue weighted by molar-refractivity contribution is -0.138. The number of thioether (sulfide) groups is 1. The highest BCUT2D eigenvalue weighted by atomic mass is 32.2. The summed E-state index contributed by atoms with van der Waals surface area (Å²) in [5.41, 5.74) is -0.260. The molecule has 0 atom stereocenters. The van der Waals surface area contributed by atoms with Crippen molar-refractivity contribution in [3.05, 3.63) is 29.3 Å². The molecule has 0 nitrogen and oxygen atoms in total. The van der Waals surface area contributed by atoms with Gasteiger partial charge in [-0.25, -0.2) is 0 Å². The third kappa shape index (κ3) is 3.45. The highest BCUT2D eigenvalue weighted by molar-refractivity contribution is 7.99. The number of rotatable bonds is 2. The van der Waals surface area contributed by atoms with Crippen LogP contribution in [0.3, 0.4) is 0 Å². The fourth-order valence-corrected chi connectivity index (χ4v) is 2.24. The molecular formula is C11H13F3S. The van der Waals surface area contributed by atoms with E-state index >= 15 is 0 Å². The van der Waals surface area contributed by atoms with Crippen molar-refractivity contribution < 1.29 is 13.2 Å². The van der Waals surface area contributed by atoms with Crippen LogP contribution in [0, 0.1) is 6.92 Å². The summed E-state index contributed by atoms with van der Waals surface area (Å²) >= 11 is 1.56. The lowest BCUT2D eigenvalue weighted by Crippen LogP contribution is -2.07. The quantitative estimate of drug-likeness (QED) is 0.678. The highest BCUT2D eigenvalue weighted by Gasteiger charge is 2.32. The Labute approximate surface area is 91.9 Å². The predicted octanol–water partition coefficient (Wildman–Crippen LogP) is 4.51. The molecule has 0 bridgehead atoms. The van der Waals surface area contributed by atoms with Crippen molar-refractivity contribution in [3.8, 4) is 0 Å². The Bertz CT molecular complexity index is 342. The van der Waals surface area contributed by atoms with Crippen LogP contribution in [0.15, 0.2) is 23.1 Å². The molecule has 0 radical (unpaired) electrons. The van der Waals surface area contributed by atoms with Crippen LogP contribution in [0.4, 0.5) is 13.2 Å². The van der Waals surface area contributed by atoms with Gasteiger partial charge >= 0.3 is 6.18 Å². The highest BCUT2D eigenvalue weighted by Crippen LogP contribution is 2.34. The van der Waals surface area contributed by atoms with Gasteiger partial charge in [0.05, 0.1) is 5.56 Å². The van der Waals surface area contributed by atoms with Crippen molar-refractivity contribution in [3.63, 3.8) is 0 Å². The first-order valence-corrected chi connectivity index (χ1v) is 5.53. The van der Waals surface area contributed by atoms with E-state index in [-0.39, 0.29) is 5.56 Å². The van der Waals surface area contributed by atoms with E-state index in [4.69, 9.17) is 0 Å². The Morgan fingerprint density at radius 3 is 2.20 bits per heavy atom. The molecule has 0 N–H and O–H groups in total. The van der Waals surface area contributed by atoms with Crippen molar-refractivity contribution in [2.45, 2.75) is 37.1 Å². The Kier molecular flexibility index (Phi) is 3.71. The van der Waals surface area contributed by atoms with Gasteiger partial charge in [0.2, 0.25) is 0 Å². The monoisotopic (exact) mass is 234 g/mol. The number of alkyl halides is 3. The van der Waals surface area contributed by atoms with Gasteiger partial charge in [-0.15, -0.1) is 11.8 Å². The summed E-state index contributed by atoms with van der Waals surface area (Å²) in [6, 6.07) is 4.27. The SMILES string of the molecule is Cc1cc(SC(C)C)ccc1C(F)(F)F. The molecule has 0 unspecified atom stereocenters. The third-order valence-electron chi connectivity index (χ3n) is 1.88. The van der Waals surface area contributed by atoms with E-state index in [0.29, 0.717) is 5.25 Å². The molecular weight excluding hydrogens is 221 g/mol. The van der Waals surface area contributed by atoms with Crippen LogP contribution in [-0.4, -0.2) is 5.25 Å². The molecule has 1 aromatic carbocycles. The van der Waals surface area contributed by atoms with Crippen LogP contribution < -0.4 is 0 Å². The van der Waals surface area contributed by atoms with E-state index in [9.17, 15) is 13.2 Å². The fraction of sp³-hybridized carbons (Fsp3) is 0.455. The maximum Gasteiger partial charge on any atom is 0.416 e. The van der Waals surface area contributed by atoms with Gasteiger partial charge in [-0.2, -0.15) is 13.2 Å². The molecule has 0 amide bonds. The minimum Gasteiger partial charge on any atom is -0.166 e. The number of aryl methyl sites for hydroxylation is 1. The van der Waals surface area contributed by atoms with Crippen LogP contribution in [0.2, 0.25) is 0 Å². The van der Waals surface area contributed by atoms with E-state index in [1.165, 1.54) is 13.0 Å². The fourth-order valence-electron chi connectivity index (χ4n) is 1.30.